The first kappa shape index (κ1) is 7.14. The predicted molar refractivity (Wildman–Crippen MR) is 31.1 cm³/mol. The van der Waals surface area contributed by atoms with E-state index >= 15 is 0 Å². The molecule has 0 N–H and O–H groups in total. The number of nitrogens with zero attached hydrogens (tertiary/aromatic N) is 1. The van der Waals surface area contributed by atoms with Gasteiger partial charge < -0.3 is 4.32 Å². The van der Waals surface area contributed by atoms with Crippen LogP contribution in [0.1, 0.15) is 0 Å². The van der Waals surface area contributed by atoms with Crippen LogP contribution in [-0.4, -0.2) is 13.1 Å². The third-order valence-corrected chi connectivity index (χ3v) is 0.566. The zero-order valence-electron chi connectivity index (χ0n) is 4.29. The van der Waals surface area contributed by atoms with Gasteiger partial charge in [0, 0.05) is 12.4 Å². The van der Waals surface area contributed by atoms with E-state index in [-0.39, 0.29) is 0 Å². The van der Waals surface area contributed by atoms with Crippen molar-refractivity contribution in [3.05, 3.63) is 30.6 Å². The Bertz CT molecular complexity index is 84.4. The first-order valence-electron chi connectivity index (χ1n) is 2.07. The molecule has 0 fully saturated rings. The van der Waals surface area contributed by atoms with Crippen LogP contribution in [0, 0.1) is 0 Å². The van der Waals surface area contributed by atoms with E-state index in [1.165, 1.54) is 0 Å². The summed E-state index contributed by atoms with van der Waals surface area (Å²) in [5, 5.41) is 0. The molecule has 0 bridgehead atoms. The van der Waals surface area contributed by atoms with Gasteiger partial charge in [-0.2, -0.15) is 0 Å². The molecule has 0 atom stereocenters. The highest BCUT2D eigenvalue weighted by Crippen LogP contribution is 1.73. The summed E-state index contributed by atoms with van der Waals surface area (Å²) in [5.41, 5.74) is 0. The van der Waals surface area contributed by atoms with Crippen molar-refractivity contribution in [3.8, 4) is 0 Å². The molecular formula is C5H5BFN. The molecule has 2 radical (unpaired) electrons. The molecule has 1 aromatic heterocycles. The smallest absolute Gasteiger partial charge is 0.350 e. The fourth-order valence-corrected chi connectivity index (χ4v) is 0.313. The Morgan fingerprint density at radius 3 is 1.62 bits per heavy atom. The highest BCUT2D eigenvalue weighted by molar-refractivity contribution is 5.96. The Hall–Kier alpha value is -0.855. The van der Waals surface area contributed by atoms with Gasteiger partial charge in [-0.25, -0.2) is 0 Å². The molecule has 40 valence electrons. The Balaban J connectivity index is 0.000000222. The topological polar surface area (TPSA) is 12.9 Å². The molecule has 0 saturated heterocycles. The summed E-state index contributed by atoms with van der Waals surface area (Å²) < 4.78 is 9.00. The lowest BCUT2D eigenvalue weighted by molar-refractivity contribution is 0.902. The molecule has 3 heteroatoms. The van der Waals surface area contributed by atoms with E-state index in [0.717, 1.165) is 0 Å². The molecule has 0 aromatic carbocycles. The summed E-state index contributed by atoms with van der Waals surface area (Å²) in [6.07, 6.45) is 3.50. The van der Waals surface area contributed by atoms with E-state index in [4.69, 9.17) is 4.32 Å². The lowest BCUT2D eigenvalue weighted by atomic mass is 10.5. The van der Waals surface area contributed by atoms with Crippen LogP contribution in [0.4, 0.5) is 4.32 Å². The second-order valence-corrected chi connectivity index (χ2v) is 1.02. The Morgan fingerprint density at radius 2 is 1.50 bits per heavy atom. The molecule has 1 nitrogen and oxygen atoms in total. The van der Waals surface area contributed by atoms with E-state index in [9.17, 15) is 0 Å². The SMILES string of the molecule is [B]F.c1ccncc1. The van der Waals surface area contributed by atoms with Crippen molar-refractivity contribution in [2.45, 2.75) is 0 Å². The van der Waals surface area contributed by atoms with Crippen molar-refractivity contribution in [3.63, 3.8) is 0 Å². The van der Waals surface area contributed by atoms with Crippen LogP contribution in [0.5, 0.6) is 0 Å². The fraction of sp³-hybridized carbons (Fsp3) is 0. The fourth-order valence-electron chi connectivity index (χ4n) is 0.313. The third-order valence-electron chi connectivity index (χ3n) is 0.566. The quantitative estimate of drug-likeness (QED) is 0.455. The van der Waals surface area contributed by atoms with Crippen molar-refractivity contribution in [1.82, 2.24) is 4.98 Å². The van der Waals surface area contributed by atoms with E-state index < -0.39 is 0 Å². The molecule has 0 amide bonds. The number of pyridine rings is 1. The predicted octanol–water partition coefficient (Wildman–Crippen LogP) is 1.12. The third kappa shape index (κ3) is 3.34. The summed E-state index contributed by atoms with van der Waals surface area (Å²) >= 11 is 0. The van der Waals surface area contributed by atoms with E-state index in [1.54, 1.807) is 12.4 Å². The molecule has 0 aliphatic heterocycles. The van der Waals surface area contributed by atoms with Crippen LogP contribution in [-0.2, 0) is 0 Å². The minimum atomic E-state index is 1.75. The van der Waals surface area contributed by atoms with Crippen molar-refractivity contribution < 1.29 is 4.32 Å². The summed E-state index contributed by atoms with van der Waals surface area (Å²) in [6, 6.07) is 5.72. The normalized spacial score (nSPS) is 6.62. The van der Waals surface area contributed by atoms with Crippen LogP contribution in [0.25, 0.3) is 0 Å². The average Bonchev–Trinajstić information content (AvgIpc) is 1.96. The molecule has 1 aromatic rings. The number of halogens is 1. The lowest BCUT2D eigenvalue weighted by Crippen LogP contribution is -1.58. The van der Waals surface area contributed by atoms with Crippen molar-refractivity contribution in [2.24, 2.45) is 0 Å². The van der Waals surface area contributed by atoms with Gasteiger partial charge in [-0.15, -0.1) is 0 Å². The number of hydrogen-bond donors (Lipinski definition) is 0. The van der Waals surface area contributed by atoms with Crippen LogP contribution in [0.2, 0.25) is 0 Å². The van der Waals surface area contributed by atoms with Crippen molar-refractivity contribution in [1.29, 1.82) is 0 Å². The molecular weight excluding hydrogens is 104 g/mol. The maximum absolute atomic E-state index is 9.00. The highest BCUT2D eigenvalue weighted by atomic mass is 19.1. The monoisotopic (exact) mass is 109 g/mol. The van der Waals surface area contributed by atoms with Crippen LogP contribution in [0.3, 0.4) is 0 Å². The zero-order chi connectivity index (χ0) is 6.24. The van der Waals surface area contributed by atoms with E-state index in [1.807, 2.05) is 18.2 Å². The van der Waals surface area contributed by atoms with Gasteiger partial charge in [0.05, 0.1) is 0 Å². The molecule has 0 aliphatic rings. The minimum Gasteiger partial charge on any atom is -0.350 e. The number of hydrogen-bond acceptors (Lipinski definition) is 1. The summed E-state index contributed by atoms with van der Waals surface area (Å²) in [5.74, 6) is 0. The van der Waals surface area contributed by atoms with E-state index in [0.29, 0.717) is 0 Å². The zero-order valence-corrected chi connectivity index (χ0v) is 4.29. The first-order chi connectivity index (χ1) is 4.00. The highest BCUT2D eigenvalue weighted by Gasteiger charge is 1.58. The van der Waals surface area contributed by atoms with Gasteiger partial charge in [-0.05, 0) is 12.1 Å². The maximum atomic E-state index is 9.00. The lowest BCUT2D eigenvalue weighted by Gasteiger charge is -1.70. The standard InChI is InChI=1S/C5H5N.BF/c1-2-4-6-5-3-1;1-2/h1-5H;. The summed E-state index contributed by atoms with van der Waals surface area (Å²) in [4.78, 5) is 3.78. The Morgan fingerprint density at radius 1 is 1.00 bits per heavy atom. The van der Waals surface area contributed by atoms with Crippen LogP contribution in [0.15, 0.2) is 30.6 Å². The van der Waals surface area contributed by atoms with Gasteiger partial charge >= 0.3 is 8.12 Å². The first-order valence-corrected chi connectivity index (χ1v) is 2.07. The summed E-state index contributed by atoms with van der Waals surface area (Å²) in [7, 11) is 3.00. The number of aromatic nitrogens is 1. The Labute approximate surface area is 49.0 Å². The maximum Gasteiger partial charge on any atom is 0.350 e. The second kappa shape index (κ2) is 6.14. The van der Waals surface area contributed by atoms with Crippen molar-refractivity contribution >= 4 is 8.12 Å². The number of rotatable bonds is 0. The van der Waals surface area contributed by atoms with Gasteiger partial charge in [-0.3, -0.25) is 4.98 Å². The van der Waals surface area contributed by atoms with E-state index in [2.05, 4.69) is 13.1 Å². The van der Waals surface area contributed by atoms with Gasteiger partial charge in [0.15, 0.2) is 0 Å². The molecule has 0 spiro atoms. The van der Waals surface area contributed by atoms with Gasteiger partial charge in [0.2, 0.25) is 0 Å². The molecule has 0 unspecified atom stereocenters. The van der Waals surface area contributed by atoms with Crippen LogP contribution >= 0.6 is 0 Å². The molecule has 1 rings (SSSR count). The molecule has 8 heavy (non-hydrogen) atoms. The average molecular weight is 109 g/mol. The van der Waals surface area contributed by atoms with Gasteiger partial charge in [0.25, 0.3) is 0 Å². The van der Waals surface area contributed by atoms with Gasteiger partial charge in [-0.1, -0.05) is 6.07 Å². The van der Waals surface area contributed by atoms with Gasteiger partial charge in [0.1, 0.15) is 0 Å². The molecule has 1 heterocycles. The largest absolute Gasteiger partial charge is 0.350 e. The summed E-state index contributed by atoms with van der Waals surface area (Å²) in [6.45, 7) is 0. The molecule has 0 saturated carbocycles. The minimum absolute atomic E-state index is 1.75. The van der Waals surface area contributed by atoms with Crippen LogP contribution < -0.4 is 0 Å². The molecule has 0 aliphatic carbocycles. The second-order valence-electron chi connectivity index (χ2n) is 1.02. The van der Waals surface area contributed by atoms with Crippen molar-refractivity contribution in [2.75, 3.05) is 0 Å². The Kier molecular flexibility index (Phi) is 5.49.